The zero-order valence-corrected chi connectivity index (χ0v) is 17.6. The highest BCUT2D eigenvalue weighted by atomic mass is 16.5. The second-order valence-electron chi connectivity index (χ2n) is 7.98. The Morgan fingerprint density at radius 1 is 1.17 bits per heavy atom. The van der Waals surface area contributed by atoms with E-state index in [1.165, 1.54) is 0 Å². The van der Waals surface area contributed by atoms with Crippen LogP contribution in [0.3, 0.4) is 0 Å². The summed E-state index contributed by atoms with van der Waals surface area (Å²) in [6.07, 6.45) is 0. The molecule has 0 bridgehead atoms. The van der Waals surface area contributed by atoms with Crippen LogP contribution in [0.15, 0.2) is 36.4 Å². The number of ether oxygens (including phenoxy) is 1. The predicted octanol–water partition coefficient (Wildman–Crippen LogP) is 4.63. The third kappa shape index (κ3) is 4.08. The number of aromatic nitrogens is 3. The van der Waals surface area contributed by atoms with E-state index in [1.54, 1.807) is 23.9 Å². The number of para-hydroxylation sites is 1. The van der Waals surface area contributed by atoms with Crippen molar-refractivity contribution in [3.8, 4) is 11.4 Å². The second kappa shape index (κ2) is 7.58. The van der Waals surface area contributed by atoms with E-state index in [2.05, 4.69) is 31.1 Å². The van der Waals surface area contributed by atoms with E-state index in [1.807, 2.05) is 38.1 Å². The Balaban J connectivity index is 2.22. The molecule has 0 unspecified atom stereocenters. The topological polar surface area (TPSA) is 89.3 Å². The van der Waals surface area contributed by atoms with Gasteiger partial charge in [0, 0.05) is 17.2 Å². The molecule has 0 saturated carbocycles. The molecule has 3 rings (SSSR count). The van der Waals surface area contributed by atoms with Gasteiger partial charge in [0.2, 0.25) is 0 Å². The summed E-state index contributed by atoms with van der Waals surface area (Å²) in [5.74, 6) is 0.512. The van der Waals surface area contributed by atoms with Gasteiger partial charge in [-0.05, 0) is 37.6 Å². The average molecular weight is 394 g/mol. The van der Waals surface area contributed by atoms with Gasteiger partial charge in [-0.15, -0.1) is 0 Å². The van der Waals surface area contributed by atoms with Gasteiger partial charge < -0.3 is 15.2 Å². The van der Waals surface area contributed by atoms with Crippen LogP contribution in [0.25, 0.3) is 5.69 Å². The molecular weight excluding hydrogens is 368 g/mol. The number of carbonyl (C=O) groups is 1. The molecule has 1 aromatic carbocycles. The Morgan fingerprint density at radius 3 is 2.52 bits per heavy atom. The Kier molecular flexibility index (Phi) is 5.33. The molecule has 0 fully saturated rings. The quantitative estimate of drug-likeness (QED) is 0.656. The number of hydrogen-bond donors (Lipinski definition) is 2. The fourth-order valence-corrected chi connectivity index (χ4v) is 3.02. The third-order valence-corrected chi connectivity index (χ3v) is 4.62. The Hall–Kier alpha value is -3.35. The van der Waals surface area contributed by atoms with Gasteiger partial charge in [0.25, 0.3) is 0 Å². The summed E-state index contributed by atoms with van der Waals surface area (Å²) < 4.78 is 7.32. The maximum Gasteiger partial charge on any atom is 0.339 e. The molecule has 0 spiro atoms. The number of aromatic carboxylic acids is 1. The van der Waals surface area contributed by atoms with Crippen molar-refractivity contribution in [1.82, 2.24) is 14.8 Å². The van der Waals surface area contributed by atoms with Crippen LogP contribution in [-0.2, 0) is 5.41 Å². The molecule has 2 aromatic heterocycles. The summed E-state index contributed by atoms with van der Waals surface area (Å²) in [7, 11) is 1.62. The molecule has 0 aliphatic carbocycles. The third-order valence-electron chi connectivity index (χ3n) is 4.62. The number of rotatable bonds is 5. The molecule has 7 nitrogen and oxygen atoms in total. The van der Waals surface area contributed by atoms with E-state index in [4.69, 9.17) is 9.84 Å². The lowest BCUT2D eigenvalue weighted by molar-refractivity contribution is 0.0697. The van der Waals surface area contributed by atoms with Crippen molar-refractivity contribution in [3.63, 3.8) is 0 Å². The summed E-state index contributed by atoms with van der Waals surface area (Å²) in [4.78, 5) is 16.1. The van der Waals surface area contributed by atoms with Crippen molar-refractivity contribution in [3.05, 3.63) is 58.9 Å². The molecular formula is C22H26N4O3. The maximum absolute atomic E-state index is 11.7. The number of anilines is 2. The first-order valence-corrected chi connectivity index (χ1v) is 9.34. The first-order valence-electron chi connectivity index (χ1n) is 9.34. The van der Waals surface area contributed by atoms with E-state index in [0.29, 0.717) is 17.3 Å². The summed E-state index contributed by atoms with van der Waals surface area (Å²) in [6, 6.07) is 10.9. The van der Waals surface area contributed by atoms with Gasteiger partial charge in [-0.25, -0.2) is 14.5 Å². The van der Waals surface area contributed by atoms with Crippen LogP contribution in [0.2, 0.25) is 0 Å². The first kappa shape index (κ1) is 20.4. The minimum absolute atomic E-state index is 0.0948. The van der Waals surface area contributed by atoms with Crippen LogP contribution in [0, 0.1) is 13.8 Å². The number of aryl methyl sites for hydroxylation is 2. The molecule has 0 aliphatic rings. The highest BCUT2D eigenvalue weighted by molar-refractivity contribution is 5.94. The molecule has 0 saturated heterocycles. The molecule has 2 heterocycles. The fourth-order valence-electron chi connectivity index (χ4n) is 3.02. The van der Waals surface area contributed by atoms with E-state index < -0.39 is 5.97 Å². The Bertz CT molecular complexity index is 1060. The van der Waals surface area contributed by atoms with Crippen LogP contribution in [0.4, 0.5) is 11.6 Å². The molecule has 3 aromatic rings. The van der Waals surface area contributed by atoms with Gasteiger partial charge in [-0.2, -0.15) is 5.10 Å². The van der Waals surface area contributed by atoms with Gasteiger partial charge in [0.1, 0.15) is 28.6 Å². The lowest BCUT2D eigenvalue weighted by Gasteiger charge is -2.16. The standard InChI is InChI=1S/C22H26N4O3/c1-13-8-7-9-16(29-6)19(13)26-18(12-17(25-26)22(3,4)5)24-20-15(21(27)28)11-10-14(2)23-20/h7-12H,1-6H3,(H,23,24)(H,27,28). The zero-order chi connectivity index (χ0) is 21.3. The largest absolute Gasteiger partial charge is 0.494 e. The number of nitrogens with one attached hydrogen (secondary N) is 1. The molecule has 0 amide bonds. The highest BCUT2D eigenvalue weighted by Crippen LogP contribution is 2.33. The first-order chi connectivity index (χ1) is 13.6. The molecule has 7 heteroatoms. The average Bonchev–Trinajstić information content (AvgIpc) is 3.05. The van der Waals surface area contributed by atoms with Gasteiger partial charge in [-0.3, -0.25) is 0 Å². The number of carboxylic acids is 1. The minimum atomic E-state index is -1.05. The summed E-state index contributed by atoms with van der Waals surface area (Å²) in [5.41, 5.74) is 3.23. The fraction of sp³-hybridized carbons (Fsp3) is 0.318. The van der Waals surface area contributed by atoms with Crippen LogP contribution in [0.5, 0.6) is 5.75 Å². The van der Waals surface area contributed by atoms with Crippen LogP contribution in [-0.4, -0.2) is 33.0 Å². The van der Waals surface area contributed by atoms with Crippen molar-refractivity contribution in [2.45, 2.75) is 40.0 Å². The van der Waals surface area contributed by atoms with Gasteiger partial charge >= 0.3 is 5.97 Å². The normalized spacial score (nSPS) is 11.4. The number of nitrogens with zero attached hydrogens (tertiary/aromatic N) is 3. The zero-order valence-electron chi connectivity index (χ0n) is 17.6. The number of pyridine rings is 1. The van der Waals surface area contributed by atoms with Crippen molar-refractivity contribution in [2.75, 3.05) is 12.4 Å². The molecule has 0 atom stereocenters. The summed E-state index contributed by atoms with van der Waals surface area (Å²) in [6.45, 7) is 10.0. The molecule has 152 valence electrons. The Morgan fingerprint density at radius 2 is 1.90 bits per heavy atom. The lowest BCUT2D eigenvalue weighted by atomic mass is 9.92. The van der Waals surface area contributed by atoms with Crippen LogP contribution >= 0.6 is 0 Å². The van der Waals surface area contributed by atoms with Crippen LogP contribution in [0.1, 0.15) is 48.1 Å². The lowest BCUT2D eigenvalue weighted by Crippen LogP contribution is -2.13. The predicted molar refractivity (Wildman–Crippen MR) is 113 cm³/mol. The van der Waals surface area contributed by atoms with Crippen molar-refractivity contribution < 1.29 is 14.6 Å². The van der Waals surface area contributed by atoms with Crippen molar-refractivity contribution >= 4 is 17.6 Å². The number of benzene rings is 1. The highest BCUT2D eigenvalue weighted by Gasteiger charge is 2.24. The summed E-state index contributed by atoms with van der Waals surface area (Å²) in [5, 5.41) is 17.6. The molecule has 2 N–H and O–H groups in total. The van der Waals surface area contributed by atoms with Gasteiger partial charge in [0.15, 0.2) is 0 Å². The molecule has 0 aliphatic heterocycles. The monoisotopic (exact) mass is 394 g/mol. The smallest absolute Gasteiger partial charge is 0.339 e. The van der Waals surface area contributed by atoms with E-state index in [0.717, 1.165) is 16.9 Å². The number of methoxy groups -OCH3 is 1. The maximum atomic E-state index is 11.7. The minimum Gasteiger partial charge on any atom is -0.494 e. The SMILES string of the molecule is COc1cccc(C)c1-n1nc(C(C)(C)C)cc1Nc1nc(C)ccc1C(=O)O. The number of carboxylic acid groups (broad SMARTS) is 1. The van der Waals surface area contributed by atoms with E-state index in [-0.39, 0.29) is 16.8 Å². The molecule has 0 radical (unpaired) electrons. The molecule has 29 heavy (non-hydrogen) atoms. The van der Waals surface area contributed by atoms with Gasteiger partial charge in [-0.1, -0.05) is 32.9 Å². The van der Waals surface area contributed by atoms with E-state index in [9.17, 15) is 9.90 Å². The van der Waals surface area contributed by atoms with E-state index >= 15 is 0 Å². The van der Waals surface area contributed by atoms with Crippen LogP contribution < -0.4 is 10.1 Å². The van der Waals surface area contributed by atoms with Gasteiger partial charge in [0.05, 0.1) is 12.8 Å². The second-order valence-corrected chi connectivity index (χ2v) is 7.98. The Labute approximate surface area is 170 Å². The van der Waals surface area contributed by atoms with Crippen molar-refractivity contribution in [1.29, 1.82) is 0 Å². The van der Waals surface area contributed by atoms with Crippen molar-refractivity contribution in [2.24, 2.45) is 0 Å². The number of hydrogen-bond acceptors (Lipinski definition) is 5. The summed E-state index contributed by atoms with van der Waals surface area (Å²) >= 11 is 0.